The van der Waals surface area contributed by atoms with Crippen molar-refractivity contribution in [1.29, 1.82) is 0 Å². The highest BCUT2D eigenvalue weighted by molar-refractivity contribution is 5.50. The highest BCUT2D eigenvalue weighted by atomic mass is 19.2. The molecule has 1 unspecified atom stereocenters. The first-order valence-corrected chi connectivity index (χ1v) is 5.77. The first-order valence-electron chi connectivity index (χ1n) is 5.77. The lowest BCUT2D eigenvalue weighted by Gasteiger charge is -2.21. The van der Waals surface area contributed by atoms with E-state index in [1.54, 1.807) is 13.0 Å². The first-order chi connectivity index (χ1) is 9.47. The molecule has 1 aromatic heterocycles. The lowest BCUT2D eigenvalue weighted by molar-refractivity contribution is 0.433. The van der Waals surface area contributed by atoms with Crippen LogP contribution in [-0.2, 0) is 0 Å². The Balaban J connectivity index is 2.62. The van der Waals surface area contributed by atoms with Crippen molar-refractivity contribution in [1.82, 2.24) is 10.4 Å². The monoisotopic (exact) mass is 282 g/mol. The van der Waals surface area contributed by atoms with E-state index in [4.69, 9.17) is 11.6 Å². The number of hydrogen-bond donors (Lipinski definition) is 3. The van der Waals surface area contributed by atoms with Crippen LogP contribution in [0.25, 0.3) is 0 Å². The van der Waals surface area contributed by atoms with Gasteiger partial charge in [0.05, 0.1) is 6.04 Å². The zero-order valence-corrected chi connectivity index (χ0v) is 10.6. The summed E-state index contributed by atoms with van der Waals surface area (Å²) in [6, 6.07) is 2.68. The van der Waals surface area contributed by atoms with Crippen molar-refractivity contribution < 1.29 is 13.2 Å². The quantitative estimate of drug-likeness (QED) is 0.457. The van der Waals surface area contributed by atoms with Crippen LogP contribution in [0.3, 0.4) is 0 Å². The van der Waals surface area contributed by atoms with Crippen LogP contribution in [0.5, 0.6) is 0 Å². The summed E-state index contributed by atoms with van der Waals surface area (Å²) in [5, 5.41) is 0. The van der Waals surface area contributed by atoms with E-state index in [-0.39, 0.29) is 11.4 Å². The third-order valence-corrected chi connectivity index (χ3v) is 3.07. The summed E-state index contributed by atoms with van der Waals surface area (Å²) in [4.78, 5) is 3.90. The molecule has 0 amide bonds. The molecule has 2 rings (SSSR count). The SMILES string of the molecule is Cc1ccnc(N)c1C(NN)c1ccc(F)c(F)c1F. The van der Waals surface area contributed by atoms with E-state index in [9.17, 15) is 13.2 Å². The van der Waals surface area contributed by atoms with Crippen LogP contribution >= 0.6 is 0 Å². The predicted octanol–water partition coefficient (Wildman–Crippen LogP) is 1.94. The molecular formula is C13H13F3N4. The summed E-state index contributed by atoms with van der Waals surface area (Å²) in [7, 11) is 0. The van der Waals surface area contributed by atoms with E-state index >= 15 is 0 Å². The van der Waals surface area contributed by atoms with Crippen LogP contribution in [0.15, 0.2) is 24.4 Å². The molecule has 0 aliphatic carbocycles. The first kappa shape index (κ1) is 14.3. The van der Waals surface area contributed by atoms with Crippen LogP contribution in [0, 0.1) is 24.4 Å². The lowest BCUT2D eigenvalue weighted by atomic mass is 9.95. The maximum absolute atomic E-state index is 13.9. The largest absolute Gasteiger partial charge is 0.383 e. The molecule has 4 nitrogen and oxygen atoms in total. The lowest BCUT2D eigenvalue weighted by Crippen LogP contribution is -2.31. The van der Waals surface area contributed by atoms with Gasteiger partial charge in [-0.05, 0) is 24.6 Å². The Hall–Kier alpha value is -2.12. The molecule has 7 heteroatoms. The zero-order valence-electron chi connectivity index (χ0n) is 10.6. The Morgan fingerprint density at radius 1 is 1.15 bits per heavy atom. The van der Waals surface area contributed by atoms with Gasteiger partial charge in [-0.25, -0.2) is 23.6 Å². The normalized spacial score (nSPS) is 12.4. The van der Waals surface area contributed by atoms with Gasteiger partial charge in [-0.2, -0.15) is 0 Å². The summed E-state index contributed by atoms with van der Waals surface area (Å²) in [6.07, 6.45) is 1.49. The number of pyridine rings is 1. The van der Waals surface area contributed by atoms with Gasteiger partial charge in [0.15, 0.2) is 17.5 Å². The van der Waals surface area contributed by atoms with Crippen molar-refractivity contribution in [3.05, 3.63) is 58.5 Å². The summed E-state index contributed by atoms with van der Waals surface area (Å²) in [5.41, 5.74) is 9.08. The van der Waals surface area contributed by atoms with Crippen LogP contribution < -0.4 is 17.0 Å². The van der Waals surface area contributed by atoms with E-state index in [0.717, 1.165) is 12.1 Å². The molecule has 106 valence electrons. The molecule has 0 bridgehead atoms. The molecule has 0 aliphatic heterocycles. The fourth-order valence-electron chi connectivity index (χ4n) is 2.06. The summed E-state index contributed by atoms with van der Waals surface area (Å²) >= 11 is 0. The van der Waals surface area contributed by atoms with Gasteiger partial charge in [-0.3, -0.25) is 5.84 Å². The number of hydrogen-bond acceptors (Lipinski definition) is 4. The Morgan fingerprint density at radius 2 is 1.85 bits per heavy atom. The fraction of sp³-hybridized carbons (Fsp3) is 0.154. The Labute approximate surface area is 113 Å². The van der Waals surface area contributed by atoms with Gasteiger partial charge in [0.25, 0.3) is 0 Å². The standard InChI is InChI=1S/C13H13F3N4/c1-6-4-5-19-13(17)9(6)12(20-18)7-2-3-8(14)11(16)10(7)15/h2-5,12,20H,18H2,1H3,(H2,17,19). The van der Waals surface area contributed by atoms with Crippen LogP contribution in [0.4, 0.5) is 19.0 Å². The van der Waals surface area contributed by atoms with Gasteiger partial charge in [0, 0.05) is 17.3 Å². The highest BCUT2D eigenvalue weighted by Crippen LogP contribution is 2.30. The number of nitrogens with zero attached hydrogens (tertiary/aromatic N) is 1. The third kappa shape index (κ3) is 2.33. The fourth-order valence-corrected chi connectivity index (χ4v) is 2.06. The maximum Gasteiger partial charge on any atom is 0.194 e. The minimum atomic E-state index is -1.55. The van der Waals surface area contributed by atoms with Crippen LogP contribution in [0.2, 0.25) is 0 Å². The highest BCUT2D eigenvalue weighted by Gasteiger charge is 2.24. The Bertz CT molecular complexity index is 626. The topological polar surface area (TPSA) is 77.0 Å². The average molecular weight is 282 g/mol. The van der Waals surface area contributed by atoms with Crippen molar-refractivity contribution in [2.75, 3.05) is 5.73 Å². The molecule has 0 spiro atoms. The van der Waals surface area contributed by atoms with Gasteiger partial charge < -0.3 is 5.73 Å². The number of benzene rings is 1. The number of nitrogens with one attached hydrogen (secondary N) is 1. The Kier molecular flexibility index (Phi) is 3.91. The molecule has 0 aliphatic rings. The van der Waals surface area contributed by atoms with E-state index in [1.807, 2.05) is 0 Å². The molecule has 5 N–H and O–H groups in total. The molecular weight excluding hydrogens is 269 g/mol. The second kappa shape index (κ2) is 5.48. The van der Waals surface area contributed by atoms with Gasteiger partial charge in [0.1, 0.15) is 5.82 Å². The predicted molar refractivity (Wildman–Crippen MR) is 68.9 cm³/mol. The Morgan fingerprint density at radius 3 is 2.45 bits per heavy atom. The second-order valence-electron chi connectivity index (χ2n) is 4.29. The minimum Gasteiger partial charge on any atom is -0.383 e. The smallest absolute Gasteiger partial charge is 0.194 e. The number of nitrogen functional groups attached to an aromatic ring is 1. The summed E-state index contributed by atoms with van der Waals surface area (Å²) < 4.78 is 40.2. The molecule has 1 aromatic carbocycles. The van der Waals surface area contributed by atoms with E-state index in [2.05, 4.69) is 10.4 Å². The molecule has 2 aromatic rings. The van der Waals surface area contributed by atoms with Gasteiger partial charge >= 0.3 is 0 Å². The van der Waals surface area contributed by atoms with E-state index < -0.39 is 23.5 Å². The number of halogens is 3. The number of aromatic nitrogens is 1. The van der Waals surface area contributed by atoms with Gasteiger partial charge in [-0.1, -0.05) is 6.07 Å². The molecule has 0 radical (unpaired) electrons. The number of nitrogens with two attached hydrogens (primary N) is 2. The number of anilines is 1. The average Bonchev–Trinajstić information content (AvgIpc) is 2.42. The number of aryl methyl sites for hydroxylation is 1. The van der Waals surface area contributed by atoms with Crippen molar-refractivity contribution in [2.45, 2.75) is 13.0 Å². The molecule has 0 fully saturated rings. The molecule has 0 saturated heterocycles. The van der Waals surface area contributed by atoms with Gasteiger partial charge in [-0.15, -0.1) is 0 Å². The van der Waals surface area contributed by atoms with Crippen LogP contribution in [-0.4, -0.2) is 4.98 Å². The maximum atomic E-state index is 13.9. The number of rotatable bonds is 3. The van der Waals surface area contributed by atoms with Crippen molar-refractivity contribution in [3.8, 4) is 0 Å². The van der Waals surface area contributed by atoms with Crippen molar-refractivity contribution >= 4 is 5.82 Å². The van der Waals surface area contributed by atoms with Crippen LogP contribution in [0.1, 0.15) is 22.7 Å². The van der Waals surface area contributed by atoms with Crippen molar-refractivity contribution in [2.24, 2.45) is 5.84 Å². The second-order valence-corrected chi connectivity index (χ2v) is 4.29. The zero-order chi connectivity index (χ0) is 14.9. The number of hydrazine groups is 1. The van der Waals surface area contributed by atoms with E-state index in [0.29, 0.717) is 11.1 Å². The molecule has 20 heavy (non-hydrogen) atoms. The minimum absolute atomic E-state index is 0.136. The molecule has 0 saturated carbocycles. The summed E-state index contributed by atoms with van der Waals surface area (Å²) in [6.45, 7) is 1.73. The summed E-state index contributed by atoms with van der Waals surface area (Å²) in [5.74, 6) is 1.42. The molecule has 1 atom stereocenters. The van der Waals surface area contributed by atoms with Crippen molar-refractivity contribution in [3.63, 3.8) is 0 Å². The molecule has 1 heterocycles. The third-order valence-electron chi connectivity index (χ3n) is 3.07. The van der Waals surface area contributed by atoms with E-state index in [1.165, 1.54) is 6.20 Å². The van der Waals surface area contributed by atoms with Gasteiger partial charge in [0.2, 0.25) is 0 Å².